The van der Waals surface area contributed by atoms with Crippen LogP contribution in [0.1, 0.15) is 77.0 Å². The van der Waals surface area contributed by atoms with Gasteiger partial charge in [0.25, 0.3) is 0 Å². The average Bonchev–Trinajstić information content (AvgIpc) is 3.33. The van der Waals surface area contributed by atoms with E-state index in [4.69, 9.17) is 9.47 Å². The van der Waals surface area contributed by atoms with Crippen LogP contribution in [0.2, 0.25) is 0 Å². The SMILES string of the molecule is CC1=C(C)C(=O)O[C@@H]([C@@H](C)[C@]2(O)CC[C@H]3[C@@H]4C[C@H](c5cccc(O)c5C)O[C@@H]4CC(=O)[C@@]32C)C1. The second-order valence-electron chi connectivity index (χ2n) is 11.3. The molecule has 1 saturated heterocycles. The number of carbonyl (C=O) groups is 2. The van der Waals surface area contributed by atoms with Crippen LogP contribution in [-0.2, 0) is 19.1 Å². The van der Waals surface area contributed by atoms with Gasteiger partial charge in [0.15, 0.2) is 0 Å². The first-order chi connectivity index (χ1) is 16.0. The summed E-state index contributed by atoms with van der Waals surface area (Å²) in [6.45, 7) is 9.48. The number of ether oxygens (including phenoxy) is 2. The summed E-state index contributed by atoms with van der Waals surface area (Å²) in [5, 5.41) is 22.3. The van der Waals surface area contributed by atoms with Gasteiger partial charge in [-0.1, -0.05) is 24.6 Å². The van der Waals surface area contributed by atoms with Gasteiger partial charge in [-0.15, -0.1) is 0 Å². The minimum absolute atomic E-state index is 0.00600. The molecule has 6 heteroatoms. The number of aliphatic hydroxyl groups is 1. The molecule has 0 radical (unpaired) electrons. The maximum Gasteiger partial charge on any atom is 0.333 e. The van der Waals surface area contributed by atoms with Crippen molar-refractivity contribution in [2.45, 2.75) is 90.6 Å². The zero-order valence-electron chi connectivity index (χ0n) is 20.8. The number of phenolic OH excluding ortho intramolecular Hbond substituents is 1. The summed E-state index contributed by atoms with van der Waals surface area (Å²) in [5.41, 5.74) is 1.26. The van der Waals surface area contributed by atoms with Crippen LogP contribution in [-0.4, -0.2) is 39.8 Å². The molecule has 2 aliphatic heterocycles. The molecule has 2 saturated carbocycles. The molecule has 2 heterocycles. The molecule has 8 atom stereocenters. The highest BCUT2D eigenvalue weighted by Gasteiger charge is 2.69. The van der Waals surface area contributed by atoms with E-state index < -0.39 is 17.1 Å². The highest BCUT2D eigenvalue weighted by atomic mass is 16.5. The third-order valence-corrected chi connectivity index (χ3v) is 9.98. The maximum absolute atomic E-state index is 13.7. The summed E-state index contributed by atoms with van der Waals surface area (Å²) in [6, 6.07) is 5.49. The third kappa shape index (κ3) is 3.14. The molecule has 0 bridgehead atoms. The number of fused-ring (bicyclic) bond motifs is 3. The van der Waals surface area contributed by atoms with Gasteiger partial charge in [0.2, 0.25) is 0 Å². The van der Waals surface area contributed by atoms with Crippen LogP contribution in [0, 0.1) is 30.1 Å². The minimum Gasteiger partial charge on any atom is -0.508 e. The van der Waals surface area contributed by atoms with Crippen molar-refractivity contribution in [1.82, 2.24) is 0 Å². The lowest BCUT2D eigenvalue weighted by molar-refractivity contribution is -0.183. The van der Waals surface area contributed by atoms with Crippen LogP contribution in [0.25, 0.3) is 0 Å². The Bertz CT molecular complexity index is 1070. The molecule has 184 valence electrons. The monoisotopic (exact) mass is 468 g/mol. The highest BCUT2D eigenvalue weighted by Crippen LogP contribution is 2.64. The number of benzene rings is 1. The Morgan fingerprint density at radius 1 is 1.15 bits per heavy atom. The number of ketones is 1. The zero-order chi connectivity index (χ0) is 24.6. The molecule has 1 aromatic carbocycles. The Labute approximate surface area is 201 Å². The molecule has 6 nitrogen and oxygen atoms in total. The van der Waals surface area contributed by atoms with Gasteiger partial charge in [0.05, 0.1) is 23.2 Å². The van der Waals surface area contributed by atoms with Gasteiger partial charge in [-0.3, -0.25) is 4.79 Å². The van der Waals surface area contributed by atoms with Crippen molar-refractivity contribution >= 4 is 11.8 Å². The van der Waals surface area contributed by atoms with E-state index in [1.807, 2.05) is 39.8 Å². The third-order valence-electron chi connectivity index (χ3n) is 9.98. The Morgan fingerprint density at radius 2 is 1.88 bits per heavy atom. The van der Waals surface area contributed by atoms with Crippen molar-refractivity contribution in [3.8, 4) is 5.75 Å². The average molecular weight is 469 g/mol. The van der Waals surface area contributed by atoms with E-state index in [0.717, 1.165) is 29.5 Å². The molecule has 5 rings (SSSR count). The van der Waals surface area contributed by atoms with Crippen molar-refractivity contribution < 1.29 is 29.3 Å². The molecular formula is C28H36O6. The lowest BCUT2D eigenvalue weighted by atomic mass is 9.55. The summed E-state index contributed by atoms with van der Waals surface area (Å²) in [5.74, 6) is -0.221. The van der Waals surface area contributed by atoms with Crippen LogP contribution < -0.4 is 0 Å². The van der Waals surface area contributed by atoms with Crippen molar-refractivity contribution in [2.75, 3.05) is 0 Å². The van der Waals surface area contributed by atoms with E-state index in [1.54, 1.807) is 13.0 Å². The van der Waals surface area contributed by atoms with Crippen molar-refractivity contribution in [1.29, 1.82) is 0 Å². The summed E-state index contributed by atoms with van der Waals surface area (Å²) < 4.78 is 12.1. The number of cyclic esters (lactones) is 1. The van der Waals surface area contributed by atoms with Crippen molar-refractivity contribution in [2.24, 2.45) is 23.2 Å². The van der Waals surface area contributed by atoms with E-state index in [1.165, 1.54) is 0 Å². The number of hydrogen-bond donors (Lipinski definition) is 2. The first kappa shape index (κ1) is 23.6. The summed E-state index contributed by atoms with van der Waals surface area (Å²) in [6.07, 6.45) is 2.11. The van der Waals surface area contributed by atoms with Gasteiger partial charge in [0.1, 0.15) is 17.6 Å². The molecule has 2 aliphatic carbocycles. The maximum atomic E-state index is 13.7. The molecule has 0 spiro atoms. The number of Topliss-reactive ketones (excluding diaryl/α,β-unsaturated/α-hetero) is 1. The highest BCUT2D eigenvalue weighted by molar-refractivity contribution is 5.90. The van der Waals surface area contributed by atoms with E-state index in [2.05, 4.69) is 0 Å². The fourth-order valence-electron chi connectivity index (χ4n) is 7.49. The second-order valence-corrected chi connectivity index (χ2v) is 11.3. The first-order valence-electron chi connectivity index (χ1n) is 12.6. The Hall–Kier alpha value is -2.18. The molecule has 4 aliphatic rings. The Kier molecular flexibility index (Phi) is 5.49. The van der Waals surface area contributed by atoms with Gasteiger partial charge in [0, 0.05) is 24.3 Å². The zero-order valence-corrected chi connectivity index (χ0v) is 20.8. The van der Waals surface area contributed by atoms with Gasteiger partial charge in [-0.2, -0.15) is 0 Å². The van der Waals surface area contributed by atoms with Crippen molar-refractivity contribution in [3.63, 3.8) is 0 Å². The number of rotatable bonds is 3. The molecule has 3 fully saturated rings. The van der Waals surface area contributed by atoms with Crippen LogP contribution in [0.15, 0.2) is 29.3 Å². The van der Waals surface area contributed by atoms with Gasteiger partial charge in [-0.25, -0.2) is 4.79 Å². The Morgan fingerprint density at radius 3 is 2.59 bits per heavy atom. The quantitative estimate of drug-likeness (QED) is 0.632. The van der Waals surface area contributed by atoms with E-state index in [9.17, 15) is 19.8 Å². The summed E-state index contributed by atoms with van der Waals surface area (Å²) in [4.78, 5) is 26.1. The molecular weight excluding hydrogens is 432 g/mol. The lowest BCUT2D eigenvalue weighted by Crippen LogP contribution is -2.61. The number of carbonyl (C=O) groups excluding carboxylic acids is 2. The predicted molar refractivity (Wildman–Crippen MR) is 126 cm³/mol. The topological polar surface area (TPSA) is 93.1 Å². The second kappa shape index (κ2) is 7.92. The fraction of sp³-hybridized carbons (Fsp3) is 0.643. The molecule has 0 unspecified atom stereocenters. The molecule has 0 aromatic heterocycles. The molecule has 0 amide bonds. The van der Waals surface area contributed by atoms with Crippen LogP contribution >= 0.6 is 0 Å². The normalized spacial score (nSPS) is 40.7. The molecule has 1 aromatic rings. The predicted octanol–water partition coefficient (Wildman–Crippen LogP) is 4.56. The standard InChI is InChI=1S/C28H36O6/c1-14-11-22(34-26(31)15(14)2)17(4)28(32)10-9-20-19-12-23(18-7-6-8-21(29)16(18)3)33-24(19)13-25(30)27(20,28)5/h6-8,17,19-20,22-24,29,32H,9-13H2,1-5H3/t17-,19+,20+,22-,23-,24-,27-,28-/m1/s1. The van der Waals surface area contributed by atoms with Crippen LogP contribution in [0.3, 0.4) is 0 Å². The number of phenols is 1. The first-order valence-corrected chi connectivity index (χ1v) is 12.6. The van der Waals surface area contributed by atoms with Crippen LogP contribution in [0.4, 0.5) is 0 Å². The van der Waals surface area contributed by atoms with Gasteiger partial charge < -0.3 is 19.7 Å². The van der Waals surface area contributed by atoms with Gasteiger partial charge >= 0.3 is 5.97 Å². The molecule has 34 heavy (non-hydrogen) atoms. The number of hydrogen-bond acceptors (Lipinski definition) is 6. The van der Waals surface area contributed by atoms with E-state index in [0.29, 0.717) is 18.4 Å². The van der Waals surface area contributed by atoms with Gasteiger partial charge in [-0.05, 0) is 76.0 Å². The molecule has 2 N–H and O–H groups in total. The Balaban J connectivity index is 1.43. The summed E-state index contributed by atoms with van der Waals surface area (Å²) in [7, 11) is 0. The van der Waals surface area contributed by atoms with E-state index in [-0.39, 0.29) is 53.9 Å². The minimum atomic E-state index is -1.24. The lowest BCUT2D eigenvalue weighted by Gasteiger charge is -2.51. The van der Waals surface area contributed by atoms with Crippen molar-refractivity contribution in [3.05, 3.63) is 40.5 Å². The number of esters is 1. The fourth-order valence-corrected chi connectivity index (χ4v) is 7.49. The largest absolute Gasteiger partial charge is 0.508 e. The van der Waals surface area contributed by atoms with Crippen LogP contribution in [0.5, 0.6) is 5.75 Å². The number of aromatic hydroxyl groups is 1. The van der Waals surface area contributed by atoms with E-state index >= 15 is 0 Å². The smallest absolute Gasteiger partial charge is 0.333 e. The summed E-state index contributed by atoms with van der Waals surface area (Å²) >= 11 is 0.